The molecule has 1 fully saturated rings. The Morgan fingerprint density at radius 3 is 3.00 bits per heavy atom. The minimum atomic E-state index is -0.133. The molecule has 1 atom stereocenters. The van der Waals surface area contributed by atoms with Gasteiger partial charge in [0.2, 0.25) is 5.28 Å². The largest absolute Gasteiger partial charge is 0.312 e. The molecule has 0 radical (unpaired) electrons. The van der Waals surface area contributed by atoms with Crippen molar-refractivity contribution in [3.05, 3.63) is 38.9 Å². The number of nitrogens with zero attached hydrogens (tertiary/aromatic N) is 2. The second kappa shape index (κ2) is 5.12. The van der Waals surface area contributed by atoms with E-state index in [1.165, 1.54) is 4.57 Å². The standard InChI is InChI=1S/C13H13Cl2N3O/c14-8-3-4-11-10(6-8)12(19)18(13(15)17-11)7-9-2-1-5-16-9/h3-4,6,9,16H,1-2,5,7H2. The molecule has 6 heteroatoms. The number of hydrogen-bond acceptors (Lipinski definition) is 3. The number of benzene rings is 1. The van der Waals surface area contributed by atoms with E-state index in [1.807, 2.05) is 0 Å². The van der Waals surface area contributed by atoms with E-state index in [-0.39, 0.29) is 16.9 Å². The summed E-state index contributed by atoms with van der Waals surface area (Å²) < 4.78 is 1.52. The molecule has 100 valence electrons. The van der Waals surface area contributed by atoms with Gasteiger partial charge in [0.15, 0.2) is 0 Å². The van der Waals surface area contributed by atoms with E-state index in [0.717, 1.165) is 19.4 Å². The fourth-order valence-electron chi connectivity index (χ4n) is 2.46. The molecule has 1 N–H and O–H groups in total. The molecular weight excluding hydrogens is 285 g/mol. The Morgan fingerprint density at radius 1 is 1.42 bits per heavy atom. The lowest BCUT2D eigenvalue weighted by Gasteiger charge is -2.14. The van der Waals surface area contributed by atoms with Crippen molar-refractivity contribution in [2.24, 2.45) is 0 Å². The molecule has 0 saturated carbocycles. The van der Waals surface area contributed by atoms with Crippen LogP contribution in [0, 0.1) is 0 Å². The summed E-state index contributed by atoms with van der Waals surface area (Å²) in [6, 6.07) is 5.34. The Balaban J connectivity index is 2.10. The lowest BCUT2D eigenvalue weighted by atomic mass is 10.2. The first-order valence-corrected chi connectivity index (χ1v) is 7.00. The third-order valence-electron chi connectivity index (χ3n) is 3.43. The van der Waals surface area contributed by atoms with Gasteiger partial charge in [-0.1, -0.05) is 11.6 Å². The normalized spacial score (nSPS) is 19.2. The summed E-state index contributed by atoms with van der Waals surface area (Å²) in [5, 5.41) is 4.61. The van der Waals surface area contributed by atoms with Gasteiger partial charge in [-0.25, -0.2) is 4.98 Å². The lowest BCUT2D eigenvalue weighted by molar-refractivity contribution is 0.498. The lowest BCUT2D eigenvalue weighted by Crippen LogP contribution is -2.33. The molecule has 1 unspecified atom stereocenters. The van der Waals surface area contributed by atoms with E-state index in [0.29, 0.717) is 22.5 Å². The highest BCUT2D eigenvalue weighted by atomic mass is 35.5. The second-order valence-corrected chi connectivity index (χ2v) is 5.53. The number of hydrogen-bond donors (Lipinski definition) is 1. The van der Waals surface area contributed by atoms with E-state index >= 15 is 0 Å². The SMILES string of the molecule is O=c1c2cc(Cl)ccc2nc(Cl)n1CC1CCCN1. The Hall–Kier alpha value is -1.10. The highest BCUT2D eigenvalue weighted by Crippen LogP contribution is 2.17. The first kappa shape index (κ1) is 12.9. The monoisotopic (exact) mass is 297 g/mol. The Bertz CT molecular complexity index is 677. The summed E-state index contributed by atoms with van der Waals surface area (Å²) in [5.74, 6) is 0. The van der Waals surface area contributed by atoms with E-state index in [1.54, 1.807) is 18.2 Å². The van der Waals surface area contributed by atoms with Crippen LogP contribution in [0.2, 0.25) is 10.3 Å². The number of rotatable bonds is 2. The van der Waals surface area contributed by atoms with Crippen LogP contribution in [0.15, 0.2) is 23.0 Å². The van der Waals surface area contributed by atoms with Crippen LogP contribution in [0.1, 0.15) is 12.8 Å². The van der Waals surface area contributed by atoms with Crippen molar-refractivity contribution < 1.29 is 0 Å². The molecule has 1 aliphatic rings. The van der Waals surface area contributed by atoms with Gasteiger partial charge in [0, 0.05) is 17.6 Å². The molecule has 0 spiro atoms. The average Bonchev–Trinajstić information content (AvgIpc) is 2.89. The smallest absolute Gasteiger partial charge is 0.262 e. The van der Waals surface area contributed by atoms with Crippen molar-refractivity contribution >= 4 is 34.1 Å². The van der Waals surface area contributed by atoms with Gasteiger partial charge in [0.05, 0.1) is 10.9 Å². The fraction of sp³-hybridized carbons (Fsp3) is 0.385. The molecule has 1 aromatic carbocycles. The predicted molar refractivity (Wildman–Crippen MR) is 77.0 cm³/mol. The van der Waals surface area contributed by atoms with Crippen LogP contribution in [0.4, 0.5) is 0 Å². The van der Waals surface area contributed by atoms with E-state index < -0.39 is 0 Å². The molecule has 0 amide bonds. The Labute approximate surface area is 120 Å². The van der Waals surface area contributed by atoms with Crippen LogP contribution < -0.4 is 10.9 Å². The van der Waals surface area contributed by atoms with Gasteiger partial charge in [-0.2, -0.15) is 0 Å². The number of fused-ring (bicyclic) bond motifs is 1. The van der Waals surface area contributed by atoms with Crippen LogP contribution in [0.3, 0.4) is 0 Å². The topological polar surface area (TPSA) is 46.9 Å². The maximum absolute atomic E-state index is 12.4. The van der Waals surface area contributed by atoms with Crippen molar-refractivity contribution in [3.8, 4) is 0 Å². The molecule has 1 aliphatic heterocycles. The van der Waals surface area contributed by atoms with Crippen LogP contribution in [0.25, 0.3) is 10.9 Å². The van der Waals surface area contributed by atoms with Crippen molar-refractivity contribution in [3.63, 3.8) is 0 Å². The number of nitrogens with one attached hydrogen (secondary N) is 1. The molecule has 19 heavy (non-hydrogen) atoms. The van der Waals surface area contributed by atoms with Gasteiger partial charge in [0.25, 0.3) is 5.56 Å². The molecule has 0 aliphatic carbocycles. The van der Waals surface area contributed by atoms with E-state index in [9.17, 15) is 4.79 Å². The summed E-state index contributed by atoms with van der Waals surface area (Å²) in [6.07, 6.45) is 2.18. The number of halogens is 2. The minimum absolute atomic E-state index is 0.133. The zero-order valence-corrected chi connectivity index (χ0v) is 11.7. The zero-order valence-electron chi connectivity index (χ0n) is 10.2. The summed E-state index contributed by atoms with van der Waals surface area (Å²) in [7, 11) is 0. The molecular formula is C13H13Cl2N3O. The first-order valence-electron chi connectivity index (χ1n) is 6.24. The van der Waals surface area contributed by atoms with E-state index in [2.05, 4.69) is 10.3 Å². The second-order valence-electron chi connectivity index (χ2n) is 4.75. The minimum Gasteiger partial charge on any atom is -0.312 e. The fourth-order valence-corrected chi connectivity index (χ4v) is 2.87. The number of aromatic nitrogens is 2. The first-order chi connectivity index (χ1) is 9.15. The third kappa shape index (κ3) is 2.48. The zero-order chi connectivity index (χ0) is 13.4. The van der Waals surface area contributed by atoms with Crippen molar-refractivity contribution in [2.75, 3.05) is 6.54 Å². The Kier molecular flexibility index (Phi) is 3.48. The molecule has 1 saturated heterocycles. The molecule has 2 heterocycles. The van der Waals surface area contributed by atoms with Gasteiger partial charge >= 0.3 is 0 Å². The highest BCUT2D eigenvalue weighted by molar-refractivity contribution is 6.31. The van der Waals surface area contributed by atoms with Crippen LogP contribution in [-0.4, -0.2) is 22.1 Å². The molecule has 2 aromatic rings. The van der Waals surface area contributed by atoms with Crippen molar-refractivity contribution in [2.45, 2.75) is 25.4 Å². The molecule has 1 aromatic heterocycles. The van der Waals surface area contributed by atoms with Gasteiger partial charge in [-0.15, -0.1) is 0 Å². The van der Waals surface area contributed by atoms with Gasteiger partial charge < -0.3 is 5.32 Å². The van der Waals surface area contributed by atoms with Crippen molar-refractivity contribution in [1.29, 1.82) is 0 Å². The van der Waals surface area contributed by atoms with E-state index in [4.69, 9.17) is 23.2 Å². The quantitative estimate of drug-likeness (QED) is 0.866. The summed E-state index contributed by atoms with van der Waals surface area (Å²) in [6.45, 7) is 1.54. The molecule has 0 bridgehead atoms. The molecule has 3 rings (SSSR count). The maximum Gasteiger partial charge on any atom is 0.262 e. The third-order valence-corrected chi connectivity index (χ3v) is 3.96. The van der Waals surface area contributed by atoms with Gasteiger partial charge in [-0.3, -0.25) is 9.36 Å². The van der Waals surface area contributed by atoms with Crippen LogP contribution in [-0.2, 0) is 6.54 Å². The van der Waals surface area contributed by atoms with Gasteiger partial charge in [0.1, 0.15) is 0 Å². The Morgan fingerprint density at radius 2 is 2.26 bits per heavy atom. The van der Waals surface area contributed by atoms with Crippen molar-refractivity contribution in [1.82, 2.24) is 14.9 Å². The van der Waals surface area contributed by atoms with Crippen LogP contribution >= 0.6 is 23.2 Å². The summed E-state index contributed by atoms with van der Waals surface area (Å²) >= 11 is 12.0. The average molecular weight is 298 g/mol. The van der Waals surface area contributed by atoms with Gasteiger partial charge in [-0.05, 0) is 49.2 Å². The van der Waals surface area contributed by atoms with Crippen LogP contribution in [0.5, 0.6) is 0 Å². The highest BCUT2D eigenvalue weighted by Gasteiger charge is 2.18. The predicted octanol–water partition coefficient (Wildman–Crippen LogP) is 2.46. The molecule has 4 nitrogen and oxygen atoms in total. The maximum atomic E-state index is 12.4. The summed E-state index contributed by atoms with van der Waals surface area (Å²) in [5.41, 5.74) is 0.446. The summed E-state index contributed by atoms with van der Waals surface area (Å²) in [4.78, 5) is 16.7.